The molecule has 0 radical (unpaired) electrons. The molecule has 0 atom stereocenters. The molecular weight excluding hydrogens is 301 g/mol. The highest BCUT2D eigenvalue weighted by atomic mass is 19.4. The lowest BCUT2D eigenvalue weighted by atomic mass is 10.1. The summed E-state index contributed by atoms with van der Waals surface area (Å²) in [5.74, 6) is -2.02. The second kappa shape index (κ2) is 6.04. The molecule has 0 aliphatic heterocycles. The first-order chi connectivity index (χ1) is 10.4. The first-order valence-corrected chi connectivity index (χ1v) is 5.74. The SMILES string of the molecule is N#CC(=CNc1ccccc1C(=O)C(F)(F)F)c1nn[nH]n1. The van der Waals surface area contributed by atoms with Crippen LogP contribution in [0.15, 0.2) is 30.5 Å². The van der Waals surface area contributed by atoms with Gasteiger partial charge in [-0.05, 0) is 17.3 Å². The van der Waals surface area contributed by atoms with Gasteiger partial charge in [-0.2, -0.15) is 23.6 Å². The number of ketones is 1. The molecule has 0 saturated carbocycles. The molecule has 2 rings (SSSR count). The highest BCUT2D eigenvalue weighted by molar-refractivity contribution is 6.05. The Morgan fingerprint density at radius 1 is 1.36 bits per heavy atom. The highest BCUT2D eigenvalue weighted by Gasteiger charge is 2.40. The zero-order valence-electron chi connectivity index (χ0n) is 10.7. The second-order valence-corrected chi connectivity index (χ2v) is 3.92. The van der Waals surface area contributed by atoms with E-state index in [2.05, 4.69) is 25.9 Å². The monoisotopic (exact) mass is 308 g/mol. The van der Waals surface area contributed by atoms with E-state index >= 15 is 0 Å². The van der Waals surface area contributed by atoms with E-state index in [9.17, 15) is 18.0 Å². The Morgan fingerprint density at radius 3 is 2.68 bits per heavy atom. The standard InChI is InChI=1S/C12H7F3N6O/c13-12(14,15)10(22)8-3-1-2-4-9(8)17-6-7(5-16)11-18-20-21-19-11/h1-4,6,17H,(H,18,19,20,21). The normalized spacial score (nSPS) is 11.8. The fraction of sp³-hybridized carbons (Fsp3) is 0.0833. The molecule has 1 aromatic heterocycles. The van der Waals surface area contributed by atoms with Crippen LogP contribution in [-0.4, -0.2) is 32.6 Å². The summed E-state index contributed by atoms with van der Waals surface area (Å²) in [5, 5.41) is 24.0. The van der Waals surface area contributed by atoms with Gasteiger partial charge in [0.05, 0.1) is 5.56 Å². The molecule has 0 unspecified atom stereocenters. The third-order valence-electron chi connectivity index (χ3n) is 2.51. The predicted octanol–water partition coefficient (Wildman–Crippen LogP) is 1.92. The van der Waals surface area contributed by atoms with Crippen LogP contribution in [0.2, 0.25) is 0 Å². The van der Waals surface area contributed by atoms with Gasteiger partial charge in [0.15, 0.2) is 0 Å². The maximum Gasteiger partial charge on any atom is 0.454 e. The Bertz CT molecular complexity index is 745. The number of allylic oxidation sites excluding steroid dienone is 1. The van der Waals surface area contributed by atoms with Crippen molar-refractivity contribution in [3.8, 4) is 6.07 Å². The van der Waals surface area contributed by atoms with Crippen molar-refractivity contribution < 1.29 is 18.0 Å². The van der Waals surface area contributed by atoms with Crippen LogP contribution in [0.3, 0.4) is 0 Å². The number of H-pyrrole nitrogens is 1. The smallest absolute Gasteiger partial charge is 0.360 e. The number of halogens is 3. The summed E-state index contributed by atoms with van der Waals surface area (Å²) in [6.07, 6.45) is -3.90. The molecule has 0 amide bonds. The fourth-order valence-electron chi connectivity index (χ4n) is 1.53. The van der Waals surface area contributed by atoms with Gasteiger partial charge in [-0.15, -0.1) is 10.2 Å². The Hall–Kier alpha value is -3.22. The van der Waals surface area contributed by atoms with Gasteiger partial charge < -0.3 is 5.32 Å². The molecule has 2 aromatic rings. The number of nitrogens with zero attached hydrogens (tertiary/aromatic N) is 4. The van der Waals surface area contributed by atoms with Crippen molar-refractivity contribution in [3.63, 3.8) is 0 Å². The summed E-state index contributed by atoms with van der Waals surface area (Å²) in [6, 6.07) is 6.82. The number of carbonyl (C=O) groups is 1. The Morgan fingerprint density at radius 2 is 2.09 bits per heavy atom. The lowest BCUT2D eigenvalue weighted by Gasteiger charge is -2.10. The number of nitriles is 1. The topological polar surface area (TPSA) is 107 Å². The maximum atomic E-state index is 12.5. The lowest BCUT2D eigenvalue weighted by molar-refractivity contribution is -0.0884. The second-order valence-electron chi connectivity index (χ2n) is 3.92. The van der Waals surface area contributed by atoms with Crippen molar-refractivity contribution in [2.75, 3.05) is 5.32 Å². The molecule has 2 N–H and O–H groups in total. The van der Waals surface area contributed by atoms with Gasteiger partial charge in [0.2, 0.25) is 5.82 Å². The molecule has 0 saturated heterocycles. The molecule has 0 fully saturated rings. The molecular formula is C12H7F3N6O. The average molecular weight is 308 g/mol. The molecule has 1 heterocycles. The van der Waals surface area contributed by atoms with Crippen LogP contribution in [0.1, 0.15) is 16.2 Å². The lowest BCUT2D eigenvalue weighted by Crippen LogP contribution is -2.23. The fourth-order valence-corrected chi connectivity index (χ4v) is 1.53. The summed E-state index contributed by atoms with van der Waals surface area (Å²) in [5.41, 5.74) is -0.722. The average Bonchev–Trinajstić information content (AvgIpc) is 3.01. The van der Waals surface area contributed by atoms with Crippen molar-refractivity contribution in [1.29, 1.82) is 5.26 Å². The van der Waals surface area contributed by atoms with Gasteiger partial charge in [-0.1, -0.05) is 12.1 Å². The van der Waals surface area contributed by atoms with Crippen LogP contribution < -0.4 is 5.32 Å². The van der Waals surface area contributed by atoms with Crippen LogP contribution in [-0.2, 0) is 0 Å². The molecule has 0 bridgehead atoms. The molecule has 10 heteroatoms. The van der Waals surface area contributed by atoms with Crippen molar-refractivity contribution >= 4 is 17.0 Å². The van der Waals surface area contributed by atoms with E-state index in [0.717, 1.165) is 12.3 Å². The molecule has 7 nitrogen and oxygen atoms in total. The molecule has 0 aliphatic rings. The summed E-state index contributed by atoms with van der Waals surface area (Å²) >= 11 is 0. The molecule has 1 aromatic carbocycles. The van der Waals surface area contributed by atoms with Gasteiger partial charge in [0, 0.05) is 11.9 Å². The van der Waals surface area contributed by atoms with E-state index in [4.69, 9.17) is 5.26 Å². The van der Waals surface area contributed by atoms with Crippen molar-refractivity contribution in [3.05, 3.63) is 41.9 Å². The van der Waals surface area contributed by atoms with Crippen LogP contribution in [0.5, 0.6) is 0 Å². The summed E-state index contributed by atoms with van der Waals surface area (Å²) in [6.45, 7) is 0. The molecule has 0 spiro atoms. The van der Waals surface area contributed by atoms with Gasteiger partial charge in [-0.3, -0.25) is 4.79 Å². The minimum atomic E-state index is -4.99. The molecule has 22 heavy (non-hydrogen) atoms. The first kappa shape index (κ1) is 15.2. The van der Waals surface area contributed by atoms with Gasteiger partial charge >= 0.3 is 6.18 Å². The number of alkyl halides is 3. The van der Waals surface area contributed by atoms with Crippen molar-refractivity contribution in [2.24, 2.45) is 0 Å². The number of tetrazole rings is 1. The number of aromatic amines is 1. The number of carbonyl (C=O) groups excluding carboxylic acids is 1. The van der Waals surface area contributed by atoms with E-state index in [-0.39, 0.29) is 17.1 Å². The number of hydrogen-bond acceptors (Lipinski definition) is 6. The maximum absolute atomic E-state index is 12.5. The van der Waals surface area contributed by atoms with Gasteiger partial charge in [0.25, 0.3) is 5.78 Å². The quantitative estimate of drug-likeness (QED) is 0.660. The number of nitrogens with one attached hydrogen (secondary N) is 2. The number of hydrogen-bond donors (Lipinski definition) is 2. The van der Waals surface area contributed by atoms with E-state index < -0.39 is 17.5 Å². The van der Waals surface area contributed by atoms with Gasteiger partial charge in [-0.25, -0.2) is 0 Å². The number of Topliss-reactive ketones (excluding diaryl/α,β-unsaturated/α-hetero) is 1. The summed E-state index contributed by atoms with van der Waals surface area (Å²) < 4.78 is 37.6. The summed E-state index contributed by atoms with van der Waals surface area (Å²) in [7, 11) is 0. The van der Waals surface area contributed by atoms with Crippen molar-refractivity contribution in [2.45, 2.75) is 6.18 Å². The largest absolute Gasteiger partial charge is 0.454 e. The van der Waals surface area contributed by atoms with Gasteiger partial charge in [0.1, 0.15) is 11.6 Å². The summed E-state index contributed by atoms with van der Waals surface area (Å²) in [4.78, 5) is 11.3. The van der Waals surface area contributed by atoms with E-state index in [0.29, 0.717) is 0 Å². The molecule has 0 aliphatic carbocycles. The third-order valence-corrected chi connectivity index (χ3v) is 2.51. The number of anilines is 1. The van der Waals surface area contributed by atoms with E-state index in [1.807, 2.05) is 0 Å². The third kappa shape index (κ3) is 3.26. The number of para-hydroxylation sites is 1. The minimum Gasteiger partial charge on any atom is -0.360 e. The number of rotatable bonds is 4. The predicted molar refractivity (Wildman–Crippen MR) is 68.2 cm³/mol. The minimum absolute atomic E-state index is 0.0328. The Labute approximate surface area is 121 Å². The Kier molecular flexibility index (Phi) is 4.17. The highest BCUT2D eigenvalue weighted by Crippen LogP contribution is 2.26. The van der Waals surface area contributed by atoms with E-state index in [1.54, 1.807) is 6.07 Å². The Balaban J connectivity index is 2.32. The van der Waals surface area contributed by atoms with Crippen LogP contribution in [0.4, 0.5) is 18.9 Å². The molecule has 112 valence electrons. The van der Waals surface area contributed by atoms with E-state index in [1.165, 1.54) is 18.2 Å². The van der Waals surface area contributed by atoms with Crippen molar-refractivity contribution in [1.82, 2.24) is 20.6 Å². The zero-order chi connectivity index (χ0) is 16.2. The number of benzene rings is 1. The number of aromatic nitrogens is 4. The van der Waals surface area contributed by atoms with Crippen LogP contribution >= 0.6 is 0 Å². The zero-order valence-corrected chi connectivity index (χ0v) is 10.7. The van der Waals surface area contributed by atoms with Crippen LogP contribution in [0, 0.1) is 11.3 Å². The first-order valence-electron chi connectivity index (χ1n) is 5.74. The van der Waals surface area contributed by atoms with Crippen LogP contribution in [0.25, 0.3) is 5.57 Å².